The van der Waals surface area contributed by atoms with Crippen LogP contribution in [0.4, 0.5) is 0 Å². The van der Waals surface area contributed by atoms with Crippen LogP contribution in [0.25, 0.3) is 0 Å². The van der Waals surface area contributed by atoms with E-state index in [0.29, 0.717) is 0 Å². The van der Waals surface area contributed by atoms with E-state index in [0.717, 1.165) is 0 Å². The molecule has 0 aliphatic rings. The molecule has 0 aromatic heterocycles. The Morgan fingerprint density at radius 3 is 0.333 bits per heavy atom. The molecule has 0 spiro atoms. The van der Waals surface area contributed by atoms with Gasteiger partial charge in [0.1, 0.15) is 0 Å². The Morgan fingerprint density at radius 2 is 0.333 bits per heavy atom. The first kappa shape index (κ1) is 197. The molecular formula is H18Na2O6Sn. The zero-order chi connectivity index (χ0) is 0. The minimum atomic E-state index is 0. The summed E-state index contributed by atoms with van der Waals surface area (Å²) in [6, 6.07) is 0. The first-order chi connectivity index (χ1) is 0. The van der Waals surface area contributed by atoms with Crippen molar-refractivity contribution in [2.24, 2.45) is 0 Å². The van der Waals surface area contributed by atoms with Gasteiger partial charge in [0.25, 0.3) is 0 Å². The van der Waals surface area contributed by atoms with Gasteiger partial charge in [0, 0.05) is 0 Å². The molecule has 0 heterocycles. The molecule has 0 rings (SSSR count). The first-order valence-corrected chi connectivity index (χ1v) is 0. The fourth-order valence-electron chi connectivity index (χ4n) is 0. The second-order valence-electron chi connectivity index (χ2n) is 0. The Bertz CT molecular complexity index is 11.0. The van der Waals surface area contributed by atoms with Crippen molar-refractivity contribution in [1.82, 2.24) is 0 Å². The average Bonchev–Trinajstić information content (AvgIpc) is 0. The molecule has 12 N–H and O–H groups in total. The van der Waals surface area contributed by atoms with E-state index in [4.69, 9.17) is 0 Å². The summed E-state index contributed by atoms with van der Waals surface area (Å²) >= 11 is 0. The van der Waals surface area contributed by atoms with E-state index >= 15 is 0 Å². The van der Waals surface area contributed by atoms with Gasteiger partial charge in [-0.2, -0.15) is 0 Å². The SMILES string of the molecule is O.O.O.O.O.O.[NaH].[NaH].[SnH4]. The number of rotatable bonds is 0. The summed E-state index contributed by atoms with van der Waals surface area (Å²) in [6.07, 6.45) is 0. The topological polar surface area (TPSA) is 189 Å². The summed E-state index contributed by atoms with van der Waals surface area (Å²) < 4.78 is 0. The second-order valence-corrected chi connectivity index (χ2v) is 0. The normalized spacial score (nSPS) is 0. The molecule has 9 heteroatoms. The third-order valence-electron chi connectivity index (χ3n) is 0. The summed E-state index contributed by atoms with van der Waals surface area (Å²) in [5, 5.41) is 0. The van der Waals surface area contributed by atoms with Gasteiger partial charge in [-0.05, 0) is 0 Å². The van der Waals surface area contributed by atoms with Gasteiger partial charge in [0.2, 0.25) is 0 Å². The Kier molecular flexibility index (Phi) is 3220. The van der Waals surface area contributed by atoms with Gasteiger partial charge < -0.3 is 32.9 Å². The molecule has 0 saturated carbocycles. The van der Waals surface area contributed by atoms with Crippen molar-refractivity contribution in [3.05, 3.63) is 0 Å². The van der Waals surface area contributed by atoms with Crippen molar-refractivity contribution in [1.29, 1.82) is 0 Å². The van der Waals surface area contributed by atoms with Gasteiger partial charge in [-0.1, -0.05) is 0 Å². The molecule has 0 fully saturated rings. The summed E-state index contributed by atoms with van der Waals surface area (Å²) in [4.78, 5) is 0. The molecule has 0 radical (unpaired) electrons. The van der Waals surface area contributed by atoms with Crippen molar-refractivity contribution < 1.29 is 32.9 Å². The quantitative estimate of drug-likeness (QED) is 0.381. The molecule has 9 heavy (non-hydrogen) atoms. The van der Waals surface area contributed by atoms with E-state index in [9.17, 15) is 0 Å². The van der Waals surface area contributed by atoms with E-state index in [2.05, 4.69) is 0 Å². The van der Waals surface area contributed by atoms with Crippen molar-refractivity contribution in [3.8, 4) is 0 Å². The molecule has 6 nitrogen and oxygen atoms in total. The standard InChI is InChI=1S/2Na.6H2O.Sn.6H/h;;6*1H2;;;;;;;. The third kappa shape index (κ3) is 118. The molecule has 0 aromatic carbocycles. The number of hydrogen-bond acceptors (Lipinski definition) is 0. The van der Waals surface area contributed by atoms with E-state index in [1.165, 1.54) is 0 Å². The van der Waals surface area contributed by atoms with Crippen LogP contribution in [0.1, 0.15) is 0 Å². The summed E-state index contributed by atoms with van der Waals surface area (Å²) in [7, 11) is 0. The van der Waals surface area contributed by atoms with Crippen molar-refractivity contribution in [2.45, 2.75) is 0 Å². The van der Waals surface area contributed by atoms with E-state index < -0.39 is 0 Å². The van der Waals surface area contributed by atoms with Crippen LogP contribution in [-0.2, 0) is 0 Å². The fraction of sp³-hybridized carbons (Fsp3) is 0. The van der Waals surface area contributed by atoms with E-state index in [1.54, 1.807) is 0 Å². The molecule has 0 unspecified atom stereocenters. The maximum atomic E-state index is 0. The van der Waals surface area contributed by atoms with Gasteiger partial charge in [-0.25, -0.2) is 0 Å². The molecule has 0 atom stereocenters. The molecule has 0 bridgehead atoms. The average molecular weight is 279 g/mol. The maximum absolute atomic E-state index is 0. The predicted molar refractivity (Wildman–Crippen MR) is 47.3 cm³/mol. The first-order valence-electron chi connectivity index (χ1n) is 0. The van der Waals surface area contributed by atoms with Crippen molar-refractivity contribution in [2.75, 3.05) is 0 Å². The van der Waals surface area contributed by atoms with Crippen molar-refractivity contribution in [3.63, 3.8) is 0 Å². The Balaban J connectivity index is 0. The van der Waals surface area contributed by atoms with Crippen LogP contribution in [-0.4, -0.2) is 116 Å². The van der Waals surface area contributed by atoms with Gasteiger partial charge in [0.05, 0.1) is 0 Å². The second kappa shape index (κ2) is 147. The molecule has 0 aliphatic carbocycles. The Morgan fingerprint density at radius 1 is 0.333 bits per heavy atom. The van der Waals surface area contributed by atoms with Crippen LogP contribution < -0.4 is 0 Å². The summed E-state index contributed by atoms with van der Waals surface area (Å²) in [5.41, 5.74) is 0. The Labute approximate surface area is 114 Å². The molecule has 0 saturated heterocycles. The van der Waals surface area contributed by atoms with Gasteiger partial charge >= 0.3 is 83.0 Å². The molecule has 0 amide bonds. The molecular weight excluding hydrogens is 261 g/mol. The Hall–Kier alpha value is 2.56. The van der Waals surface area contributed by atoms with Crippen LogP contribution >= 0.6 is 0 Å². The zero-order valence-electron chi connectivity index (χ0n) is 3.00. The van der Waals surface area contributed by atoms with Gasteiger partial charge in [-0.3, -0.25) is 0 Å². The van der Waals surface area contributed by atoms with Crippen LogP contribution in [0.2, 0.25) is 0 Å². The number of hydrogen-bond donors (Lipinski definition) is 0. The van der Waals surface area contributed by atoms with E-state index in [1.807, 2.05) is 0 Å². The summed E-state index contributed by atoms with van der Waals surface area (Å²) in [6.45, 7) is 0. The van der Waals surface area contributed by atoms with Crippen LogP contribution in [0.5, 0.6) is 0 Å². The van der Waals surface area contributed by atoms with Crippen molar-refractivity contribution >= 4 is 83.0 Å². The van der Waals surface area contributed by atoms with Crippen LogP contribution in [0.15, 0.2) is 0 Å². The van der Waals surface area contributed by atoms with Gasteiger partial charge in [-0.15, -0.1) is 0 Å². The van der Waals surface area contributed by atoms with Crippen LogP contribution in [0, 0.1) is 0 Å². The molecule has 0 aromatic rings. The third-order valence-corrected chi connectivity index (χ3v) is 0. The monoisotopic (exact) mass is 280 g/mol. The predicted octanol–water partition coefficient (Wildman–Crippen LogP) is -7.70. The van der Waals surface area contributed by atoms with E-state index in [-0.39, 0.29) is 116 Å². The zero-order valence-corrected chi connectivity index (χ0v) is 3.00. The fourth-order valence-corrected chi connectivity index (χ4v) is 0. The summed E-state index contributed by atoms with van der Waals surface area (Å²) in [5.74, 6) is 0. The van der Waals surface area contributed by atoms with Crippen LogP contribution in [0.3, 0.4) is 0 Å². The van der Waals surface area contributed by atoms with Gasteiger partial charge in [0.15, 0.2) is 0 Å². The minimum absolute atomic E-state index is 0. The molecule has 60 valence electrons. The molecule has 0 aliphatic heterocycles.